The van der Waals surface area contributed by atoms with Crippen LogP contribution in [0.15, 0.2) is 40.9 Å². The Kier molecular flexibility index (Phi) is 4.87. The second-order valence-corrected chi connectivity index (χ2v) is 5.23. The van der Waals surface area contributed by atoms with E-state index in [1.807, 2.05) is 5.32 Å². The topological polar surface area (TPSA) is 81.4 Å². The van der Waals surface area contributed by atoms with Gasteiger partial charge in [0.2, 0.25) is 0 Å². The molecule has 0 saturated heterocycles. The van der Waals surface area contributed by atoms with Crippen LogP contribution >= 0.6 is 0 Å². The molecule has 0 unspecified atom stereocenters. The molecular formula is C17H11F3N2O4. The number of fused-ring (bicyclic) bond motifs is 1. The molecule has 6 nitrogen and oxygen atoms in total. The van der Waals surface area contributed by atoms with E-state index in [2.05, 4.69) is 5.16 Å². The number of amides is 1. The summed E-state index contributed by atoms with van der Waals surface area (Å²) in [6.07, 6.45) is -0.232. The number of ether oxygens (including phenoxy) is 1. The number of benzene rings is 2. The summed E-state index contributed by atoms with van der Waals surface area (Å²) in [6, 6.07) is 8.41. The van der Waals surface area contributed by atoms with Gasteiger partial charge in [-0.1, -0.05) is 17.3 Å². The molecule has 1 aromatic heterocycles. The van der Waals surface area contributed by atoms with E-state index in [1.165, 1.54) is 0 Å². The monoisotopic (exact) mass is 364 g/mol. The molecule has 0 aliphatic heterocycles. The van der Waals surface area contributed by atoms with Gasteiger partial charge in [-0.2, -0.15) is 0 Å². The third kappa shape index (κ3) is 3.66. The van der Waals surface area contributed by atoms with Gasteiger partial charge in [-0.3, -0.25) is 9.59 Å². The van der Waals surface area contributed by atoms with Crippen molar-refractivity contribution in [2.24, 2.45) is 0 Å². The summed E-state index contributed by atoms with van der Waals surface area (Å²) in [6.45, 7) is -0.729. The second kappa shape index (κ2) is 7.26. The van der Waals surface area contributed by atoms with E-state index in [0.717, 1.165) is 6.07 Å². The molecule has 0 radical (unpaired) electrons. The molecule has 3 rings (SSSR count). The minimum absolute atomic E-state index is 0.232. The van der Waals surface area contributed by atoms with Gasteiger partial charge in [-0.05, 0) is 24.3 Å². The van der Waals surface area contributed by atoms with Gasteiger partial charge in [0, 0.05) is 5.39 Å². The molecule has 1 amide bonds. The van der Waals surface area contributed by atoms with Gasteiger partial charge in [0.1, 0.15) is 5.69 Å². The average Bonchev–Trinajstić information content (AvgIpc) is 3.03. The summed E-state index contributed by atoms with van der Waals surface area (Å²) in [5, 5.41) is 6.38. The maximum atomic E-state index is 13.5. The minimum atomic E-state index is -1.71. The van der Waals surface area contributed by atoms with Gasteiger partial charge in [-0.15, -0.1) is 0 Å². The molecule has 3 aromatic rings. The second-order valence-electron chi connectivity index (χ2n) is 5.23. The van der Waals surface area contributed by atoms with Crippen molar-refractivity contribution in [1.29, 1.82) is 0 Å². The Balaban J connectivity index is 1.56. The Morgan fingerprint density at radius 1 is 1.08 bits per heavy atom. The molecule has 2 aromatic carbocycles. The molecular weight excluding hydrogens is 353 g/mol. The first kappa shape index (κ1) is 17.5. The average molecular weight is 364 g/mol. The molecule has 0 saturated carbocycles. The molecule has 0 atom stereocenters. The number of carbonyl (C=O) groups excluding carboxylic acids is 2. The van der Waals surface area contributed by atoms with E-state index in [1.54, 1.807) is 24.3 Å². The molecule has 1 heterocycles. The van der Waals surface area contributed by atoms with Crippen molar-refractivity contribution < 1.29 is 32.0 Å². The number of esters is 1. The SMILES string of the molecule is O=C(COC(=O)Cc1noc2ccccc12)Nc1ccc(F)c(F)c1F. The first-order valence-electron chi connectivity index (χ1n) is 7.38. The minimum Gasteiger partial charge on any atom is -0.455 e. The number of para-hydroxylation sites is 1. The highest BCUT2D eigenvalue weighted by Gasteiger charge is 2.17. The standard InChI is InChI=1S/C17H11F3N2O4/c18-10-5-6-11(17(20)16(10)19)21-14(23)8-25-15(24)7-12-9-3-1-2-4-13(9)26-22-12/h1-6H,7-8H2,(H,21,23). The van der Waals surface area contributed by atoms with Crippen LogP contribution in [0.2, 0.25) is 0 Å². The fraction of sp³-hybridized carbons (Fsp3) is 0.118. The first-order chi connectivity index (χ1) is 12.5. The lowest BCUT2D eigenvalue weighted by atomic mass is 10.2. The van der Waals surface area contributed by atoms with Crippen LogP contribution in [0.4, 0.5) is 18.9 Å². The van der Waals surface area contributed by atoms with E-state index in [-0.39, 0.29) is 6.42 Å². The van der Waals surface area contributed by atoms with Crippen molar-refractivity contribution in [3.63, 3.8) is 0 Å². The lowest BCUT2D eigenvalue weighted by Gasteiger charge is -2.08. The summed E-state index contributed by atoms with van der Waals surface area (Å²) in [4.78, 5) is 23.5. The summed E-state index contributed by atoms with van der Waals surface area (Å²) >= 11 is 0. The lowest BCUT2D eigenvalue weighted by Crippen LogP contribution is -2.22. The molecule has 0 fully saturated rings. The number of rotatable bonds is 5. The van der Waals surface area contributed by atoms with E-state index < -0.39 is 41.6 Å². The zero-order valence-electron chi connectivity index (χ0n) is 13.1. The highest BCUT2D eigenvalue weighted by molar-refractivity contribution is 5.93. The van der Waals surface area contributed by atoms with Gasteiger partial charge < -0.3 is 14.6 Å². The zero-order valence-corrected chi connectivity index (χ0v) is 13.1. The molecule has 26 heavy (non-hydrogen) atoms. The highest BCUT2D eigenvalue weighted by Crippen LogP contribution is 2.20. The van der Waals surface area contributed by atoms with Crippen LogP contribution in [0.1, 0.15) is 5.69 Å². The Bertz CT molecular complexity index is 987. The van der Waals surface area contributed by atoms with E-state index in [4.69, 9.17) is 9.26 Å². The van der Waals surface area contributed by atoms with Crippen LogP contribution in [0.25, 0.3) is 11.0 Å². The number of carbonyl (C=O) groups is 2. The largest absolute Gasteiger partial charge is 0.455 e. The van der Waals surface area contributed by atoms with Gasteiger partial charge in [-0.25, -0.2) is 13.2 Å². The third-order valence-electron chi connectivity index (χ3n) is 3.44. The molecule has 134 valence electrons. The van der Waals surface area contributed by atoms with Crippen LogP contribution in [0.5, 0.6) is 0 Å². The fourth-order valence-electron chi connectivity index (χ4n) is 2.21. The third-order valence-corrected chi connectivity index (χ3v) is 3.44. The predicted octanol–water partition coefficient (Wildman–Crippen LogP) is 2.97. The number of nitrogens with one attached hydrogen (secondary N) is 1. The Morgan fingerprint density at radius 2 is 1.85 bits per heavy atom. The van der Waals surface area contributed by atoms with Crippen LogP contribution in [-0.2, 0) is 20.7 Å². The Labute approximate surface area is 144 Å². The van der Waals surface area contributed by atoms with E-state index in [9.17, 15) is 22.8 Å². The van der Waals surface area contributed by atoms with Crippen LogP contribution in [-0.4, -0.2) is 23.6 Å². The van der Waals surface area contributed by atoms with Gasteiger partial charge in [0.05, 0.1) is 12.1 Å². The smallest absolute Gasteiger partial charge is 0.312 e. The van der Waals surface area contributed by atoms with Crippen LogP contribution in [0.3, 0.4) is 0 Å². The van der Waals surface area contributed by atoms with E-state index in [0.29, 0.717) is 22.7 Å². The van der Waals surface area contributed by atoms with Crippen LogP contribution < -0.4 is 5.32 Å². The highest BCUT2D eigenvalue weighted by atomic mass is 19.2. The number of halogens is 3. The Hall–Kier alpha value is -3.36. The summed E-state index contributed by atoms with van der Waals surface area (Å²) < 4.78 is 49.2. The zero-order chi connectivity index (χ0) is 18.7. The number of anilines is 1. The van der Waals surface area contributed by atoms with Crippen molar-refractivity contribution in [3.05, 3.63) is 59.5 Å². The first-order valence-corrected chi connectivity index (χ1v) is 7.38. The van der Waals surface area contributed by atoms with Gasteiger partial charge in [0.15, 0.2) is 29.6 Å². The van der Waals surface area contributed by atoms with Crippen molar-refractivity contribution in [3.8, 4) is 0 Å². The quantitative estimate of drug-likeness (QED) is 0.556. The number of nitrogens with zero attached hydrogens (tertiary/aromatic N) is 1. The number of aromatic nitrogens is 1. The van der Waals surface area contributed by atoms with Crippen molar-refractivity contribution in [2.75, 3.05) is 11.9 Å². The van der Waals surface area contributed by atoms with Gasteiger partial charge in [0.25, 0.3) is 5.91 Å². The molecule has 1 N–H and O–H groups in total. The van der Waals surface area contributed by atoms with Crippen molar-refractivity contribution >= 4 is 28.5 Å². The maximum absolute atomic E-state index is 13.5. The van der Waals surface area contributed by atoms with Crippen molar-refractivity contribution in [1.82, 2.24) is 5.16 Å². The summed E-state index contributed by atoms with van der Waals surface area (Å²) in [5.74, 6) is -6.30. The normalized spacial score (nSPS) is 10.7. The molecule has 9 heteroatoms. The molecule has 0 spiro atoms. The maximum Gasteiger partial charge on any atom is 0.312 e. The van der Waals surface area contributed by atoms with E-state index >= 15 is 0 Å². The fourth-order valence-corrected chi connectivity index (χ4v) is 2.21. The van der Waals surface area contributed by atoms with Gasteiger partial charge >= 0.3 is 5.97 Å². The molecule has 0 bridgehead atoms. The number of hydrogen-bond acceptors (Lipinski definition) is 5. The lowest BCUT2D eigenvalue weighted by molar-refractivity contribution is -0.146. The Morgan fingerprint density at radius 3 is 2.65 bits per heavy atom. The molecule has 0 aliphatic carbocycles. The molecule has 0 aliphatic rings. The van der Waals surface area contributed by atoms with Crippen molar-refractivity contribution in [2.45, 2.75) is 6.42 Å². The summed E-state index contributed by atoms with van der Waals surface area (Å²) in [5.41, 5.74) is 0.284. The summed E-state index contributed by atoms with van der Waals surface area (Å²) in [7, 11) is 0. The predicted molar refractivity (Wildman–Crippen MR) is 83.6 cm³/mol. The van der Waals surface area contributed by atoms with Crippen LogP contribution in [0, 0.1) is 17.5 Å². The number of hydrogen-bond donors (Lipinski definition) is 1.